The lowest BCUT2D eigenvalue weighted by Crippen LogP contribution is -2.41. The van der Waals surface area contributed by atoms with Gasteiger partial charge in [-0.3, -0.25) is 4.79 Å². The topological polar surface area (TPSA) is 26.3 Å². The molecule has 0 aromatic heterocycles. The van der Waals surface area contributed by atoms with Gasteiger partial charge < -0.3 is 4.74 Å². The summed E-state index contributed by atoms with van der Waals surface area (Å²) in [6, 6.07) is 0. The van der Waals surface area contributed by atoms with Crippen LogP contribution >= 0.6 is 0 Å². The maximum atomic E-state index is 12.8. The van der Waals surface area contributed by atoms with Crippen LogP contribution in [0.15, 0.2) is 0 Å². The van der Waals surface area contributed by atoms with Crippen molar-refractivity contribution in [1.82, 2.24) is 0 Å². The Hall–Kier alpha value is -0.740. The van der Waals surface area contributed by atoms with Crippen molar-refractivity contribution >= 4 is 5.97 Å². The van der Waals surface area contributed by atoms with Crippen LogP contribution in [0.2, 0.25) is 0 Å². The lowest BCUT2D eigenvalue weighted by atomic mass is 9.77. The van der Waals surface area contributed by atoms with Crippen LogP contribution in [0.3, 0.4) is 0 Å². The van der Waals surface area contributed by atoms with Crippen LogP contribution in [0.25, 0.3) is 0 Å². The zero-order valence-corrected chi connectivity index (χ0v) is 10.9. The van der Waals surface area contributed by atoms with E-state index in [2.05, 4.69) is 11.7 Å². The predicted octanol–water partition coefficient (Wildman–Crippen LogP) is 4.09. The molecule has 2 nitrogen and oxygen atoms in total. The standard InChI is InChI=1S/C13H21F3O2/c1-3-4-10-5-7-11(8-6-10)12(13(14,15)16)18-9(2)17/h10-12H,3-8H2,1-2H3. The molecular formula is C13H21F3O2. The van der Waals surface area contributed by atoms with Gasteiger partial charge >= 0.3 is 12.1 Å². The van der Waals surface area contributed by atoms with E-state index in [9.17, 15) is 18.0 Å². The molecule has 0 heterocycles. The molecule has 1 fully saturated rings. The second-order valence-electron chi connectivity index (χ2n) is 5.14. The summed E-state index contributed by atoms with van der Waals surface area (Å²) in [5, 5.41) is 0. The SMILES string of the molecule is CCCC1CCC(C(OC(C)=O)C(F)(F)F)CC1. The molecule has 106 valence electrons. The number of alkyl halides is 3. The van der Waals surface area contributed by atoms with E-state index in [1.54, 1.807) is 0 Å². The minimum absolute atomic E-state index is 0.502. The quantitative estimate of drug-likeness (QED) is 0.716. The predicted molar refractivity (Wildman–Crippen MR) is 62.0 cm³/mol. The Morgan fingerprint density at radius 2 is 1.83 bits per heavy atom. The van der Waals surface area contributed by atoms with Gasteiger partial charge in [-0.1, -0.05) is 32.6 Å². The molecule has 0 aliphatic heterocycles. The maximum absolute atomic E-state index is 12.8. The van der Waals surface area contributed by atoms with E-state index >= 15 is 0 Å². The summed E-state index contributed by atoms with van der Waals surface area (Å²) in [5.41, 5.74) is 0. The molecule has 0 aromatic rings. The van der Waals surface area contributed by atoms with Gasteiger partial charge in [-0.25, -0.2) is 0 Å². The summed E-state index contributed by atoms with van der Waals surface area (Å²) in [6.07, 6.45) is -1.59. The molecule has 0 amide bonds. The highest BCUT2D eigenvalue weighted by Crippen LogP contribution is 2.39. The number of carbonyl (C=O) groups is 1. The molecule has 1 rings (SSSR count). The molecule has 1 aliphatic rings. The molecule has 0 bridgehead atoms. The van der Waals surface area contributed by atoms with Crippen LogP contribution in [-0.2, 0) is 9.53 Å². The Morgan fingerprint density at radius 1 is 1.28 bits per heavy atom. The maximum Gasteiger partial charge on any atom is 0.425 e. The Morgan fingerprint density at radius 3 is 2.22 bits per heavy atom. The first-order chi connectivity index (χ1) is 8.34. The lowest BCUT2D eigenvalue weighted by Gasteiger charge is -2.34. The van der Waals surface area contributed by atoms with Crippen LogP contribution in [0.1, 0.15) is 52.4 Å². The summed E-state index contributed by atoms with van der Waals surface area (Å²) in [7, 11) is 0. The fraction of sp³-hybridized carbons (Fsp3) is 0.923. The van der Waals surface area contributed by atoms with E-state index in [0.717, 1.165) is 32.6 Å². The minimum Gasteiger partial charge on any atom is -0.453 e. The molecule has 1 aliphatic carbocycles. The number of hydrogen-bond acceptors (Lipinski definition) is 2. The van der Waals surface area contributed by atoms with Crippen LogP contribution in [-0.4, -0.2) is 18.2 Å². The van der Waals surface area contributed by atoms with Gasteiger partial charge in [0.25, 0.3) is 0 Å². The summed E-state index contributed by atoms with van der Waals surface area (Å²) < 4.78 is 43.0. The van der Waals surface area contributed by atoms with Crippen molar-refractivity contribution in [2.24, 2.45) is 11.8 Å². The van der Waals surface area contributed by atoms with Gasteiger partial charge in [0.2, 0.25) is 0 Å². The molecule has 18 heavy (non-hydrogen) atoms. The van der Waals surface area contributed by atoms with Gasteiger partial charge in [-0.15, -0.1) is 0 Å². The summed E-state index contributed by atoms with van der Waals surface area (Å²) >= 11 is 0. The van der Waals surface area contributed by atoms with E-state index in [1.807, 2.05) is 0 Å². The summed E-state index contributed by atoms with van der Waals surface area (Å²) in [5.74, 6) is -0.882. The van der Waals surface area contributed by atoms with Crippen LogP contribution in [0.5, 0.6) is 0 Å². The van der Waals surface area contributed by atoms with E-state index in [4.69, 9.17) is 0 Å². The number of ether oxygens (including phenoxy) is 1. The van der Waals surface area contributed by atoms with E-state index < -0.39 is 24.2 Å². The first-order valence-electron chi connectivity index (χ1n) is 6.58. The highest BCUT2D eigenvalue weighted by atomic mass is 19.4. The Kier molecular flexibility index (Phi) is 5.47. The van der Waals surface area contributed by atoms with Gasteiger partial charge in [0.05, 0.1) is 0 Å². The van der Waals surface area contributed by atoms with Crippen molar-refractivity contribution in [2.75, 3.05) is 0 Å². The van der Waals surface area contributed by atoms with E-state index in [1.165, 1.54) is 0 Å². The normalized spacial score (nSPS) is 26.7. The highest BCUT2D eigenvalue weighted by Gasteiger charge is 2.47. The Bertz CT molecular complexity index is 268. The Balaban J connectivity index is 2.58. The molecule has 1 saturated carbocycles. The molecule has 1 atom stereocenters. The van der Waals surface area contributed by atoms with Crippen molar-refractivity contribution in [2.45, 2.75) is 64.7 Å². The molecule has 1 unspecified atom stereocenters. The van der Waals surface area contributed by atoms with Crippen molar-refractivity contribution in [3.05, 3.63) is 0 Å². The zero-order chi connectivity index (χ0) is 13.8. The monoisotopic (exact) mass is 266 g/mol. The zero-order valence-electron chi connectivity index (χ0n) is 10.9. The minimum atomic E-state index is -4.45. The fourth-order valence-electron chi connectivity index (χ4n) is 2.80. The highest BCUT2D eigenvalue weighted by molar-refractivity contribution is 5.66. The summed E-state index contributed by atoms with van der Waals surface area (Å²) in [6.45, 7) is 3.12. The number of hydrogen-bond donors (Lipinski definition) is 0. The number of rotatable bonds is 4. The first-order valence-corrected chi connectivity index (χ1v) is 6.58. The Labute approximate surface area is 106 Å². The fourth-order valence-corrected chi connectivity index (χ4v) is 2.80. The van der Waals surface area contributed by atoms with Crippen molar-refractivity contribution in [3.8, 4) is 0 Å². The second-order valence-corrected chi connectivity index (χ2v) is 5.14. The van der Waals surface area contributed by atoms with Crippen molar-refractivity contribution in [1.29, 1.82) is 0 Å². The number of halogens is 3. The average molecular weight is 266 g/mol. The molecule has 0 radical (unpaired) electrons. The van der Waals surface area contributed by atoms with E-state index in [-0.39, 0.29) is 0 Å². The van der Waals surface area contributed by atoms with Crippen LogP contribution < -0.4 is 0 Å². The van der Waals surface area contributed by atoms with Crippen LogP contribution in [0.4, 0.5) is 13.2 Å². The smallest absolute Gasteiger partial charge is 0.425 e. The molecule has 0 spiro atoms. The van der Waals surface area contributed by atoms with Gasteiger partial charge in [0.15, 0.2) is 6.10 Å². The third-order valence-electron chi connectivity index (χ3n) is 3.63. The average Bonchev–Trinajstić information content (AvgIpc) is 2.26. The van der Waals surface area contributed by atoms with Gasteiger partial charge in [-0.05, 0) is 18.8 Å². The summed E-state index contributed by atoms with van der Waals surface area (Å²) in [4.78, 5) is 10.8. The van der Waals surface area contributed by atoms with Crippen LogP contribution in [0, 0.1) is 11.8 Å². The molecule has 0 N–H and O–H groups in total. The van der Waals surface area contributed by atoms with E-state index in [0.29, 0.717) is 18.8 Å². The van der Waals surface area contributed by atoms with Crippen molar-refractivity contribution in [3.63, 3.8) is 0 Å². The molecule has 5 heteroatoms. The van der Waals surface area contributed by atoms with Gasteiger partial charge in [-0.2, -0.15) is 13.2 Å². The first kappa shape index (κ1) is 15.3. The largest absolute Gasteiger partial charge is 0.453 e. The third kappa shape index (κ3) is 4.50. The van der Waals surface area contributed by atoms with Gasteiger partial charge in [0.1, 0.15) is 0 Å². The van der Waals surface area contributed by atoms with Crippen molar-refractivity contribution < 1.29 is 22.7 Å². The molecule has 0 aromatic carbocycles. The van der Waals surface area contributed by atoms with Gasteiger partial charge in [0, 0.05) is 12.8 Å². The molecular weight excluding hydrogens is 245 g/mol. The number of esters is 1. The lowest BCUT2D eigenvalue weighted by molar-refractivity contribution is -0.236. The molecule has 0 saturated heterocycles. The number of carbonyl (C=O) groups excluding carboxylic acids is 1. The second kappa shape index (κ2) is 6.43. The third-order valence-corrected chi connectivity index (χ3v) is 3.63.